The van der Waals surface area contributed by atoms with Gasteiger partial charge in [0, 0.05) is 6.54 Å². The van der Waals surface area contributed by atoms with Crippen molar-refractivity contribution in [2.75, 3.05) is 6.54 Å². The normalized spacial score (nSPS) is 12.6. The van der Waals surface area contributed by atoms with Crippen LogP contribution in [0.2, 0.25) is 0 Å². The molecule has 0 saturated carbocycles. The van der Waals surface area contributed by atoms with Crippen LogP contribution in [0.5, 0.6) is 0 Å². The number of amides is 2. The Kier molecular flexibility index (Phi) is 5.55. The molecule has 0 radical (unpaired) electrons. The quantitative estimate of drug-likeness (QED) is 0.748. The zero-order valence-electron chi connectivity index (χ0n) is 12.1. The highest BCUT2D eigenvalue weighted by Gasteiger charge is 2.23. The Hall–Kier alpha value is -2.04. The van der Waals surface area contributed by atoms with E-state index in [1.807, 2.05) is 20.8 Å². The first-order chi connectivity index (χ1) is 9.35. The Bertz CT molecular complexity index is 457. The lowest BCUT2D eigenvalue weighted by molar-refractivity contribution is -0.139. The summed E-state index contributed by atoms with van der Waals surface area (Å²) in [7, 11) is 0. The molecule has 0 heterocycles. The number of carboxylic acid groups (broad SMARTS) is 1. The van der Waals surface area contributed by atoms with Crippen LogP contribution < -0.4 is 10.6 Å². The number of urea groups is 1. The number of aliphatic carboxylic acids is 1. The molecule has 110 valence electrons. The van der Waals surface area contributed by atoms with Crippen molar-refractivity contribution < 1.29 is 14.7 Å². The van der Waals surface area contributed by atoms with E-state index < -0.39 is 18.0 Å². The maximum Gasteiger partial charge on any atom is 0.330 e. The van der Waals surface area contributed by atoms with Crippen molar-refractivity contribution in [2.24, 2.45) is 5.41 Å². The molecule has 1 atom stereocenters. The molecule has 0 fully saturated rings. The molecule has 0 saturated heterocycles. The van der Waals surface area contributed by atoms with Gasteiger partial charge in [-0.05, 0) is 17.4 Å². The number of carboxylic acids is 1. The van der Waals surface area contributed by atoms with E-state index in [0.29, 0.717) is 12.1 Å². The first kappa shape index (κ1) is 16.0. The molecule has 1 unspecified atom stereocenters. The van der Waals surface area contributed by atoms with E-state index in [4.69, 9.17) is 0 Å². The summed E-state index contributed by atoms with van der Waals surface area (Å²) in [6.45, 7) is 6.62. The highest BCUT2D eigenvalue weighted by atomic mass is 16.4. The maximum atomic E-state index is 11.8. The third kappa shape index (κ3) is 4.91. The van der Waals surface area contributed by atoms with Crippen LogP contribution in [-0.2, 0) is 4.79 Å². The molecule has 5 heteroatoms. The second-order valence-electron chi connectivity index (χ2n) is 5.53. The molecule has 5 nitrogen and oxygen atoms in total. The fraction of sp³-hybridized carbons (Fsp3) is 0.467. The minimum Gasteiger partial charge on any atom is -0.479 e. The molecule has 1 rings (SSSR count). The van der Waals surface area contributed by atoms with Crippen LogP contribution in [0.3, 0.4) is 0 Å². The van der Waals surface area contributed by atoms with E-state index in [-0.39, 0.29) is 5.41 Å². The maximum absolute atomic E-state index is 11.8. The summed E-state index contributed by atoms with van der Waals surface area (Å²) < 4.78 is 0. The Labute approximate surface area is 119 Å². The second-order valence-corrected chi connectivity index (χ2v) is 5.53. The third-order valence-corrected chi connectivity index (χ3v) is 3.34. The number of carbonyl (C=O) groups excluding carboxylic acids is 1. The number of carbonyl (C=O) groups is 2. The molecule has 0 aromatic heterocycles. The van der Waals surface area contributed by atoms with Crippen LogP contribution >= 0.6 is 0 Å². The minimum atomic E-state index is -1.08. The van der Waals surface area contributed by atoms with Gasteiger partial charge in [-0.2, -0.15) is 0 Å². The van der Waals surface area contributed by atoms with Crippen molar-refractivity contribution in [1.82, 2.24) is 10.6 Å². The molecule has 1 aromatic rings. The summed E-state index contributed by atoms with van der Waals surface area (Å²) in [5, 5.41) is 14.4. The largest absolute Gasteiger partial charge is 0.479 e. The van der Waals surface area contributed by atoms with Gasteiger partial charge in [-0.1, -0.05) is 51.1 Å². The molecule has 3 N–H and O–H groups in total. The minimum absolute atomic E-state index is 0.0111. The number of hydrogen-bond donors (Lipinski definition) is 3. The standard InChI is InChI=1S/C15H22N2O3/c1-4-15(2,3)10-16-14(20)17-12(13(18)19)11-8-6-5-7-9-11/h5-9,12H,4,10H2,1-3H3,(H,18,19)(H2,16,17,20). The Morgan fingerprint density at radius 3 is 2.35 bits per heavy atom. The molecule has 20 heavy (non-hydrogen) atoms. The van der Waals surface area contributed by atoms with Crippen molar-refractivity contribution in [1.29, 1.82) is 0 Å². The predicted octanol–water partition coefficient (Wildman–Crippen LogP) is 2.55. The average molecular weight is 278 g/mol. The van der Waals surface area contributed by atoms with Gasteiger partial charge in [0.1, 0.15) is 0 Å². The number of benzene rings is 1. The van der Waals surface area contributed by atoms with Crippen molar-refractivity contribution in [3.63, 3.8) is 0 Å². The molecule has 0 aliphatic heterocycles. The van der Waals surface area contributed by atoms with E-state index in [0.717, 1.165) is 6.42 Å². The van der Waals surface area contributed by atoms with E-state index >= 15 is 0 Å². The van der Waals surface area contributed by atoms with Crippen LogP contribution in [0, 0.1) is 5.41 Å². The van der Waals surface area contributed by atoms with Crippen LogP contribution in [0.1, 0.15) is 38.8 Å². The van der Waals surface area contributed by atoms with Crippen molar-refractivity contribution in [2.45, 2.75) is 33.2 Å². The van der Waals surface area contributed by atoms with E-state index in [1.54, 1.807) is 30.3 Å². The summed E-state index contributed by atoms with van der Waals surface area (Å²) in [6.07, 6.45) is 0.925. The summed E-state index contributed by atoms with van der Waals surface area (Å²) in [5.74, 6) is -1.08. The molecule has 0 bridgehead atoms. The number of rotatable bonds is 6. The van der Waals surface area contributed by atoms with Gasteiger partial charge in [0.2, 0.25) is 0 Å². The third-order valence-electron chi connectivity index (χ3n) is 3.34. The summed E-state index contributed by atoms with van der Waals surface area (Å²) in [6, 6.07) is 7.12. The molecule has 2 amide bonds. The predicted molar refractivity (Wildman–Crippen MR) is 77.4 cm³/mol. The lowest BCUT2D eigenvalue weighted by Crippen LogP contribution is -2.44. The van der Waals surface area contributed by atoms with Gasteiger partial charge in [0.15, 0.2) is 6.04 Å². The SMILES string of the molecule is CCC(C)(C)CNC(=O)NC(C(=O)O)c1ccccc1. The van der Waals surface area contributed by atoms with Gasteiger partial charge < -0.3 is 15.7 Å². The monoisotopic (exact) mass is 278 g/mol. The number of nitrogens with one attached hydrogen (secondary N) is 2. The van der Waals surface area contributed by atoms with Gasteiger partial charge in [0.25, 0.3) is 0 Å². The van der Waals surface area contributed by atoms with Gasteiger partial charge in [-0.15, -0.1) is 0 Å². The summed E-state index contributed by atoms with van der Waals surface area (Å²) in [4.78, 5) is 23.1. The Morgan fingerprint density at radius 2 is 1.85 bits per heavy atom. The zero-order chi connectivity index (χ0) is 15.2. The lowest BCUT2D eigenvalue weighted by Gasteiger charge is -2.23. The molecule has 0 spiro atoms. The topological polar surface area (TPSA) is 78.4 Å². The molecule has 0 aliphatic carbocycles. The average Bonchev–Trinajstić information content (AvgIpc) is 2.43. The Morgan fingerprint density at radius 1 is 1.25 bits per heavy atom. The zero-order valence-corrected chi connectivity index (χ0v) is 12.1. The van der Waals surface area contributed by atoms with Gasteiger partial charge >= 0.3 is 12.0 Å². The highest BCUT2D eigenvalue weighted by molar-refractivity contribution is 5.83. The van der Waals surface area contributed by atoms with Gasteiger partial charge in [-0.3, -0.25) is 0 Å². The van der Waals surface area contributed by atoms with E-state index in [1.165, 1.54) is 0 Å². The number of hydrogen-bond acceptors (Lipinski definition) is 2. The van der Waals surface area contributed by atoms with Crippen LogP contribution in [0.4, 0.5) is 4.79 Å². The summed E-state index contributed by atoms with van der Waals surface area (Å²) in [5.41, 5.74) is 0.535. The molecule has 0 aliphatic rings. The van der Waals surface area contributed by atoms with Crippen LogP contribution in [0.15, 0.2) is 30.3 Å². The molecular formula is C15H22N2O3. The lowest BCUT2D eigenvalue weighted by atomic mass is 9.90. The Balaban J connectivity index is 2.64. The fourth-order valence-corrected chi connectivity index (χ4v) is 1.56. The van der Waals surface area contributed by atoms with Crippen molar-refractivity contribution >= 4 is 12.0 Å². The van der Waals surface area contributed by atoms with E-state index in [9.17, 15) is 14.7 Å². The first-order valence-electron chi connectivity index (χ1n) is 6.68. The van der Waals surface area contributed by atoms with Gasteiger partial charge in [0.05, 0.1) is 0 Å². The molecular weight excluding hydrogens is 256 g/mol. The fourth-order valence-electron chi connectivity index (χ4n) is 1.56. The smallest absolute Gasteiger partial charge is 0.330 e. The van der Waals surface area contributed by atoms with Crippen LogP contribution in [0.25, 0.3) is 0 Å². The molecule has 1 aromatic carbocycles. The van der Waals surface area contributed by atoms with E-state index in [2.05, 4.69) is 10.6 Å². The van der Waals surface area contributed by atoms with Crippen molar-refractivity contribution in [3.05, 3.63) is 35.9 Å². The highest BCUT2D eigenvalue weighted by Crippen LogP contribution is 2.18. The first-order valence-corrected chi connectivity index (χ1v) is 6.68. The van der Waals surface area contributed by atoms with Gasteiger partial charge in [-0.25, -0.2) is 9.59 Å². The van der Waals surface area contributed by atoms with Crippen molar-refractivity contribution in [3.8, 4) is 0 Å². The van der Waals surface area contributed by atoms with Crippen LogP contribution in [-0.4, -0.2) is 23.7 Å². The summed E-state index contributed by atoms with van der Waals surface area (Å²) >= 11 is 0. The second kappa shape index (κ2) is 6.93.